The highest BCUT2D eigenvalue weighted by atomic mass is 32.2. The van der Waals surface area contributed by atoms with Crippen LogP contribution in [0.25, 0.3) is 10.8 Å². The van der Waals surface area contributed by atoms with E-state index in [1.54, 1.807) is 27.2 Å². The van der Waals surface area contributed by atoms with Crippen molar-refractivity contribution in [3.63, 3.8) is 0 Å². The molecule has 1 unspecified atom stereocenters. The molecule has 2 heterocycles. The standard InChI is InChI=1S/C21H24FN3O6S2/c22-20-17-9-13(8-14-2-1-7-24(11-14)32(28,29)16-5-6-16)3-4-15(17)10-18(26)21(20)25-12-19(27)23-33(25,30)31/h3-4,9-10,14,16,26H,1-2,5-8,11-12H2,(H,23,27). The molecule has 9 nitrogen and oxygen atoms in total. The molecule has 3 fully saturated rings. The van der Waals surface area contributed by atoms with Gasteiger partial charge in [-0.3, -0.25) is 4.79 Å². The number of phenols is 1. The molecule has 1 atom stereocenters. The van der Waals surface area contributed by atoms with Crippen LogP contribution in [-0.4, -0.2) is 57.0 Å². The molecule has 2 aliphatic heterocycles. The average Bonchev–Trinajstić information content (AvgIpc) is 3.56. The average molecular weight is 498 g/mol. The Bertz CT molecular complexity index is 1360. The molecular formula is C21H24FN3O6S2. The third-order valence-electron chi connectivity index (χ3n) is 6.48. The van der Waals surface area contributed by atoms with Gasteiger partial charge in [0.2, 0.25) is 10.0 Å². The number of fused-ring (bicyclic) bond motifs is 1. The normalized spacial score (nSPS) is 23.7. The first-order chi connectivity index (χ1) is 15.6. The van der Waals surface area contributed by atoms with Gasteiger partial charge in [0.05, 0.1) is 5.25 Å². The second kappa shape index (κ2) is 7.81. The molecule has 2 aromatic rings. The van der Waals surface area contributed by atoms with Crippen LogP contribution in [-0.2, 0) is 31.4 Å². The lowest BCUT2D eigenvalue weighted by Crippen LogP contribution is -2.42. The highest BCUT2D eigenvalue weighted by Gasteiger charge is 2.41. The summed E-state index contributed by atoms with van der Waals surface area (Å²) < 4.78 is 68.9. The van der Waals surface area contributed by atoms with Gasteiger partial charge in [0.25, 0.3) is 5.91 Å². The lowest BCUT2D eigenvalue weighted by atomic mass is 9.91. The number of benzene rings is 2. The van der Waals surface area contributed by atoms with Crippen LogP contribution in [0.2, 0.25) is 0 Å². The van der Waals surface area contributed by atoms with E-state index in [1.807, 2.05) is 0 Å². The van der Waals surface area contributed by atoms with Gasteiger partial charge in [0.1, 0.15) is 18.0 Å². The highest BCUT2D eigenvalue weighted by molar-refractivity contribution is 7.92. The van der Waals surface area contributed by atoms with Gasteiger partial charge in [-0.25, -0.2) is 26.1 Å². The zero-order valence-corrected chi connectivity index (χ0v) is 19.3. The van der Waals surface area contributed by atoms with Crippen LogP contribution in [0, 0.1) is 11.7 Å². The van der Waals surface area contributed by atoms with E-state index in [9.17, 15) is 26.7 Å². The van der Waals surface area contributed by atoms with E-state index in [4.69, 9.17) is 0 Å². The van der Waals surface area contributed by atoms with E-state index in [0.29, 0.717) is 29.2 Å². The maximum absolute atomic E-state index is 15.4. The summed E-state index contributed by atoms with van der Waals surface area (Å²) in [6, 6.07) is 6.30. The minimum absolute atomic E-state index is 0.0881. The first-order valence-electron chi connectivity index (χ1n) is 10.8. The van der Waals surface area contributed by atoms with Gasteiger partial charge in [-0.2, -0.15) is 8.42 Å². The maximum atomic E-state index is 15.4. The number of amides is 1. The first kappa shape index (κ1) is 22.4. The number of hydrogen-bond donors (Lipinski definition) is 2. The molecule has 0 spiro atoms. The minimum Gasteiger partial charge on any atom is -0.506 e. The lowest BCUT2D eigenvalue weighted by Gasteiger charge is -2.32. The fourth-order valence-corrected chi connectivity index (χ4v) is 7.84. The molecule has 1 amide bonds. The van der Waals surface area contributed by atoms with Gasteiger partial charge < -0.3 is 5.11 Å². The van der Waals surface area contributed by atoms with E-state index in [1.165, 1.54) is 6.07 Å². The molecule has 0 aromatic heterocycles. The van der Waals surface area contributed by atoms with Crippen molar-refractivity contribution < 1.29 is 31.1 Å². The summed E-state index contributed by atoms with van der Waals surface area (Å²) in [4.78, 5) is 11.6. The quantitative estimate of drug-likeness (QED) is 0.647. The van der Waals surface area contributed by atoms with Crippen molar-refractivity contribution >= 4 is 42.6 Å². The Morgan fingerprint density at radius 3 is 2.61 bits per heavy atom. The number of nitrogens with zero attached hydrogens (tertiary/aromatic N) is 2. The summed E-state index contributed by atoms with van der Waals surface area (Å²) in [7, 11) is -7.53. The fourth-order valence-electron chi connectivity index (χ4n) is 4.72. The molecule has 0 radical (unpaired) electrons. The minimum atomic E-state index is -4.29. The van der Waals surface area contributed by atoms with E-state index in [2.05, 4.69) is 0 Å². The third-order valence-corrected chi connectivity index (χ3v) is 10.2. The van der Waals surface area contributed by atoms with Gasteiger partial charge in [-0.1, -0.05) is 12.1 Å². The number of carbonyl (C=O) groups is 1. The van der Waals surface area contributed by atoms with Crippen molar-refractivity contribution in [1.29, 1.82) is 0 Å². The number of halogens is 1. The van der Waals surface area contributed by atoms with Gasteiger partial charge in [0.15, 0.2) is 5.82 Å². The molecule has 1 saturated carbocycles. The predicted octanol–water partition coefficient (Wildman–Crippen LogP) is 1.61. The van der Waals surface area contributed by atoms with E-state index in [-0.39, 0.29) is 16.6 Å². The van der Waals surface area contributed by atoms with Gasteiger partial charge in [-0.05, 0) is 61.1 Å². The Hall–Kier alpha value is -2.44. The molecular weight excluding hydrogens is 473 g/mol. The van der Waals surface area contributed by atoms with E-state index < -0.39 is 49.9 Å². The molecule has 12 heteroatoms. The van der Waals surface area contributed by atoms with Crippen LogP contribution in [0.3, 0.4) is 0 Å². The Morgan fingerprint density at radius 2 is 1.94 bits per heavy atom. The Morgan fingerprint density at radius 1 is 1.18 bits per heavy atom. The number of nitrogens with one attached hydrogen (secondary N) is 1. The number of carbonyl (C=O) groups excluding carboxylic acids is 1. The van der Waals surface area contributed by atoms with Gasteiger partial charge in [-0.15, -0.1) is 0 Å². The highest BCUT2D eigenvalue weighted by Crippen LogP contribution is 2.39. The van der Waals surface area contributed by atoms with Crippen LogP contribution in [0.15, 0.2) is 24.3 Å². The van der Waals surface area contributed by atoms with Crippen molar-refractivity contribution in [1.82, 2.24) is 9.03 Å². The summed E-state index contributed by atoms with van der Waals surface area (Å²) in [6.45, 7) is 0.340. The molecule has 0 bridgehead atoms. The summed E-state index contributed by atoms with van der Waals surface area (Å²) in [5.41, 5.74) is 0.213. The molecule has 2 N–H and O–H groups in total. The number of rotatable bonds is 5. The van der Waals surface area contributed by atoms with Crippen LogP contribution >= 0.6 is 0 Å². The molecule has 178 valence electrons. The number of hydrogen-bond acceptors (Lipinski definition) is 6. The van der Waals surface area contributed by atoms with E-state index in [0.717, 1.165) is 31.2 Å². The van der Waals surface area contributed by atoms with Gasteiger partial charge >= 0.3 is 10.2 Å². The van der Waals surface area contributed by atoms with Crippen molar-refractivity contribution in [2.45, 2.75) is 37.4 Å². The molecule has 1 aliphatic carbocycles. The zero-order valence-electron chi connectivity index (χ0n) is 17.7. The van der Waals surface area contributed by atoms with Crippen LogP contribution in [0.5, 0.6) is 5.75 Å². The molecule has 5 rings (SSSR count). The predicted molar refractivity (Wildman–Crippen MR) is 120 cm³/mol. The Labute approximate surface area is 191 Å². The number of sulfonamides is 1. The topological polar surface area (TPSA) is 124 Å². The second-order valence-corrected chi connectivity index (χ2v) is 12.8. The maximum Gasteiger partial charge on any atom is 0.326 e. The summed E-state index contributed by atoms with van der Waals surface area (Å²) in [5.74, 6) is -2.25. The molecule has 33 heavy (non-hydrogen) atoms. The van der Waals surface area contributed by atoms with Crippen molar-refractivity contribution in [3.05, 3.63) is 35.6 Å². The smallest absolute Gasteiger partial charge is 0.326 e. The van der Waals surface area contributed by atoms with Crippen LogP contribution in [0.1, 0.15) is 31.2 Å². The zero-order chi connectivity index (χ0) is 23.5. The fraction of sp³-hybridized carbons (Fsp3) is 0.476. The number of aromatic hydroxyl groups is 1. The number of anilines is 1. The van der Waals surface area contributed by atoms with Crippen molar-refractivity contribution in [2.24, 2.45) is 5.92 Å². The van der Waals surface area contributed by atoms with Gasteiger partial charge in [0, 0.05) is 18.5 Å². The first-order valence-corrected chi connectivity index (χ1v) is 13.8. The van der Waals surface area contributed by atoms with Crippen LogP contribution in [0.4, 0.5) is 10.1 Å². The second-order valence-electron chi connectivity index (χ2n) is 8.97. The SMILES string of the molecule is O=C1CN(c2c(O)cc3ccc(CC4CCCN(S(=O)(=O)C5CC5)C4)cc3c2F)S(=O)(=O)N1. The van der Waals surface area contributed by atoms with E-state index >= 15 is 4.39 Å². The molecule has 2 saturated heterocycles. The van der Waals surface area contributed by atoms with Crippen molar-refractivity contribution in [3.8, 4) is 5.75 Å². The Kier molecular flexibility index (Phi) is 5.29. The number of phenolic OH excluding ortho intramolecular Hbond substituents is 1. The lowest BCUT2D eigenvalue weighted by molar-refractivity contribution is -0.117. The van der Waals surface area contributed by atoms with Crippen molar-refractivity contribution in [2.75, 3.05) is 23.9 Å². The molecule has 2 aromatic carbocycles. The molecule has 3 aliphatic rings. The summed E-state index contributed by atoms with van der Waals surface area (Å²) in [6.07, 6.45) is 3.61. The summed E-state index contributed by atoms with van der Waals surface area (Å²) >= 11 is 0. The van der Waals surface area contributed by atoms with Crippen LogP contribution < -0.4 is 9.03 Å². The monoisotopic (exact) mass is 497 g/mol. The Balaban J connectivity index is 1.44. The third kappa shape index (κ3) is 4.04. The summed E-state index contributed by atoms with van der Waals surface area (Å²) in [5, 5.41) is 10.6. The largest absolute Gasteiger partial charge is 0.506 e. The number of piperidine rings is 1.